The molecule has 0 amide bonds. The predicted molar refractivity (Wildman–Crippen MR) is 181 cm³/mol. The standard InChI is InChI=1S/C21H15FN.C19H14N2O.Ir/c1-13-10-14(2)12-15(11-13)21-19-7-6-18-16(4-3-5-20(18)22)17(19)8-9-23-21;22-18-13-7-4-10-15(18)19-20-16-11-5-6-12-17(16)21(19)14-8-2-1-3-9-14;/h3-11H,1-2H3;1-13,22H;/q-1;;. The molecule has 0 unspecified atom stereocenters. The van der Waals surface area contributed by atoms with Gasteiger partial charge in [0.15, 0.2) is 0 Å². The molecular weight excluding hydrogens is 750 g/mol. The Hall–Kier alpha value is -5.16. The molecule has 46 heavy (non-hydrogen) atoms. The molecule has 0 fully saturated rings. The molecule has 0 bridgehead atoms. The summed E-state index contributed by atoms with van der Waals surface area (Å²) in [6.07, 6.45) is 1.79. The molecular formula is C40H29FIrN3O-. The van der Waals surface area contributed by atoms with E-state index in [0.29, 0.717) is 5.39 Å². The van der Waals surface area contributed by atoms with Gasteiger partial charge >= 0.3 is 0 Å². The first-order chi connectivity index (χ1) is 22.0. The summed E-state index contributed by atoms with van der Waals surface area (Å²) in [5.41, 5.74) is 7.81. The number of benzene rings is 6. The van der Waals surface area contributed by atoms with E-state index in [1.54, 1.807) is 18.3 Å². The second-order valence-electron chi connectivity index (χ2n) is 11.0. The van der Waals surface area contributed by atoms with Crippen molar-refractivity contribution in [2.45, 2.75) is 13.8 Å². The summed E-state index contributed by atoms with van der Waals surface area (Å²) in [6, 6.07) is 43.8. The zero-order valence-corrected chi connectivity index (χ0v) is 27.6. The van der Waals surface area contributed by atoms with E-state index in [9.17, 15) is 9.50 Å². The van der Waals surface area contributed by atoms with Crippen molar-refractivity contribution >= 4 is 32.6 Å². The first kappa shape index (κ1) is 30.8. The molecule has 4 nitrogen and oxygen atoms in total. The average molecular weight is 779 g/mol. The second-order valence-corrected chi connectivity index (χ2v) is 11.0. The Morgan fingerprint density at radius 1 is 0.696 bits per heavy atom. The first-order valence-corrected chi connectivity index (χ1v) is 14.8. The van der Waals surface area contributed by atoms with Gasteiger partial charge in [-0.05, 0) is 70.4 Å². The summed E-state index contributed by atoms with van der Waals surface area (Å²) in [5.74, 6) is 0.779. The zero-order chi connectivity index (χ0) is 30.9. The maximum Gasteiger partial charge on any atom is 0.149 e. The van der Waals surface area contributed by atoms with E-state index in [1.165, 1.54) is 11.6 Å². The van der Waals surface area contributed by atoms with E-state index in [0.717, 1.165) is 61.1 Å². The van der Waals surface area contributed by atoms with Gasteiger partial charge in [0.25, 0.3) is 0 Å². The largest absolute Gasteiger partial charge is 0.507 e. The van der Waals surface area contributed by atoms with E-state index in [4.69, 9.17) is 4.98 Å². The van der Waals surface area contributed by atoms with Crippen LogP contribution in [0.1, 0.15) is 11.1 Å². The Morgan fingerprint density at radius 2 is 1.41 bits per heavy atom. The number of fused-ring (bicyclic) bond motifs is 4. The second kappa shape index (κ2) is 13.1. The Kier molecular flexibility index (Phi) is 8.76. The molecule has 0 aliphatic rings. The molecule has 8 aromatic rings. The van der Waals surface area contributed by atoms with Crippen LogP contribution in [-0.4, -0.2) is 19.6 Å². The minimum absolute atomic E-state index is 0. The van der Waals surface area contributed by atoms with Crippen LogP contribution in [0.15, 0.2) is 134 Å². The fraction of sp³-hybridized carbons (Fsp3) is 0.0500. The maximum absolute atomic E-state index is 14.0. The van der Waals surface area contributed by atoms with Crippen molar-refractivity contribution in [3.05, 3.63) is 157 Å². The van der Waals surface area contributed by atoms with Gasteiger partial charge in [-0.1, -0.05) is 80.6 Å². The van der Waals surface area contributed by atoms with Gasteiger partial charge in [-0.3, -0.25) is 4.57 Å². The van der Waals surface area contributed by atoms with E-state index < -0.39 is 0 Å². The number of hydrogen-bond donors (Lipinski definition) is 1. The first-order valence-electron chi connectivity index (χ1n) is 14.8. The third kappa shape index (κ3) is 5.81. The third-order valence-corrected chi connectivity index (χ3v) is 7.87. The molecule has 6 heteroatoms. The van der Waals surface area contributed by atoms with Gasteiger partial charge in [0.05, 0.1) is 16.6 Å². The van der Waals surface area contributed by atoms with E-state index in [2.05, 4.69) is 34.7 Å². The molecule has 0 aliphatic carbocycles. The number of hydrogen-bond acceptors (Lipinski definition) is 3. The van der Waals surface area contributed by atoms with Gasteiger partial charge in [0.1, 0.15) is 17.4 Å². The van der Waals surface area contributed by atoms with Gasteiger partial charge < -0.3 is 10.1 Å². The fourth-order valence-electron chi connectivity index (χ4n) is 5.93. The van der Waals surface area contributed by atoms with Gasteiger partial charge in [-0.2, -0.15) is 0 Å². The van der Waals surface area contributed by atoms with Crippen molar-refractivity contribution in [3.8, 4) is 34.1 Å². The van der Waals surface area contributed by atoms with Crippen molar-refractivity contribution in [2.24, 2.45) is 0 Å². The number of para-hydroxylation sites is 4. The number of phenols is 1. The van der Waals surface area contributed by atoms with Crippen LogP contribution in [0.4, 0.5) is 4.39 Å². The van der Waals surface area contributed by atoms with Crippen molar-refractivity contribution in [2.75, 3.05) is 0 Å². The Labute approximate surface area is 280 Å². The van der Waals surface area contributed by atoms with Crippen LogP contribution >= 0.6 is 0 Å². The number of halogens is 1. The quantitative estimate of drug-likeness (QED) is 0.144. The number of rotatable bonds is 3. The van der Waals surface area contributed by atoms with Crippen LogP contribution in [0, 0.1) is 25.7 Å². The van der Waals surface area contributed by atoms with Gasteiger partial charge in [0.2, 0.25) is 0 Å². The number of aromatic nitrogens is 3. The fourth-order valence-corrected chi connectivity index (χ4v) is 5.93. The number of pyridine rings is 1. The van der Waals surface area contributed by atoms with Gasteiger partial charge in [-0.25, -0.2) is 9.37 Å². The normalized spacial score (nSPS) is 10.8. The number of nitrogens with zero attached hydrogens (tertiary/aromatic N) is 3. The van der Waals surface area contributed by atoms with Crippen molar-refractivity contribution < 1.29 is 29.6 Å². The molecule has 2 heterocycles. The Balaban J connectivity index is 0.000000158. The van der Waals surface area contributed by atoms with Crippen molar-refractivity contribution in [3.63, 3.8) is 0 Å². The molecule has 1 radical (unpaired) electrons. The molecule has 0 saturated carbocycles. The maximum atomic E-state index is 14.0. The topological polar surface area (TPSA) is 50.9 Å². The van der Waals surface area contributed by atoms with Crippen molar-refractivity contribution in [1.29, 1.82) is 0 Å². The summed E-state index contributed by atoms with van der Waals surface area (Å²) in [6.45, 7) is 4.10. The SMILES string of the molecule is Cc1[c-]c(-c2nccc3c2ccc2c(F)cccc23)cc(C)c1.Oc1ccccc1-c1nc2ccccc2n1-c1ccccc1.[Ir]. The summed E-state index contributed by atoms with van der Waals surface area (Å²) < 4.78 is 16.1. The summed E-state index contributed by atoms with van der Waals surface area (Å²) in [5, 5.41) is 13.8. The van der Waals surface area contributed by atoms with Crippen LogP contribution < -0.4 is 0 Å². The predicted octanol–water partition coefficient (Wildman–Crippen LogP) is 10.0. The number of aromatic hydroxyl groups is 1. The number of phenolic OH excluding ortho intramolecular Hbond substituents is 1. The smallest absolute Gasteiger partial charge is 0.149 e. The van der Waals surface area contributed by atoms with Gasteiger partial charge in [0, 0.05) is 37.4 Å². The molecule has 0 saturated heterocycles. The average Bonchev–Trinajstić information content (AvgIpc) is 3.44. The molecule has 0 spiro atoms. The monoisotopic (exact) mass is 779 g/mol. The van der Waals surface area contributed by atoms with Crippen molar-refractivity contribution in [1.82, 2.24) is 14.5 Å². The zero-order valence-electron chi connectivity index (χ0n) is 25.2. The molecule has 227 valence electrons. The summed E-state index contributed by atoms with van der Waals surface area (Å²) in [7, 11) is 0. The Bertz CT molecular complexity index is 2310. The minimum Gasteiger partial charge on any atom is -0.507 e. The molecule has 2 aromatic heterocycles. The Morgan fingerprint density at radius 3 is 2.22 bits per heavy atom. The third-order valence-electron chi connectivity index (χ3n) is 7.87. The number of imidazole rings is 1. The molecule has 6 aromatic carbocycles. The van der Waals surface area contributed by atoms with Crippen LogP contribution in [0.3, 0.4) is 0 Å². The van der Waals surface area contributed by atoms with Crippen LogP contribution in [-0.2, 0) is 20.1 Å². The molecule has 0 aliphatic heterocycles. The van der Waals surface area contributed by atoms with Crippen LogP contribution in [0.2, 0.25) is 0 Å². The van der Waals surface area contributed by atoms with E-state index in [1.807, 2.05) is 104 Å². The van der Waals surface area contributed by atoms with E-state index in [-0.39, 0.29) is 31.7 Å². The molecule has 0 atom stereocenters. The summed E-state index contributed by atoms with van der Waals surface area (Å²) in [4.78, 5) is 9.29. The number of aryl methyl sites for hydroxylation is 2. The molecule has 1 N–H and O–H groups in total. The van der Waals surface area contributed by atoms with Gasteiger partial charge in [-0.15, -0.1) is 34.9 Å². The van der Waals surface area contributed by atoms with E-state index >= 15 is 0 Å². The van der Waals surface area contributed by atoms with Crippen LogP contribution in [0.25, 0.3) is 60.9 Å². The summed E-state index contributed by atoms with van der Waals surface area (Å²) >= 11 is 0. The minimum atomic E-state index is -0.194. The van der Waals surface area contributed by atoms with Crippen LogP contribution in [0.5, 0.6) is 5.75 Å². The molecule has 8 rings (SSSR count).